The summed E-state index contributed by atoms with van der Waals surface area (Å²) in [4.78, 5) is 0. The Kier molecular flexibility index (Phi) is 4.09. The van der Waals surface area contributed by atoms with Gasteiger partial charge in [0.05, 0.1) is 0 Å². The van der Waals surface area contributed by atoms with Crippen LogP contribution in [0, 0.1) is 0 Å². The fourth-order valence-corrected chi connectivity index (χ4v) is 2.68. The molecule has 3 rings (SSSR count). The standard InChI is InChI=1S/C18H16ClNO/c19-16-10-4-3-9-15(16)18(12-20)21-17-11-5-7-13-6-1-2-8-14(13)17/h1-11,18H,12,20H2. The lowest BCUT2D eigenvalue weighted by Gasteiger charge is -2.20. The average molecular weight is 298 g/mol. The van der Waals surface area contributed by atoms with Gasteiger partial charge in [0.2, 0.25) is 0 Å². The van der Waals surface area contributed by atoms with E-state index in [2.05, 4.69) is 12.1 Å². The lowest BCUT2D eigenvalue weighted by molar-refractivity contribution is 0.217. The lowest BCUT2D eigenvalue weighted by atomic mass is 10.1. The summed E-state index contributed by atoms with van der Waals surface area (Å²) in [5, 5.41) is 2.89. The van der Waals surface area contributed by atoms with Gasteiger partial charge in [-0.05, 0) is 17.5 Å². The fraction of sp³-hybridized carbons (Fsp3) is 0.111. The molecular formula is C18H16ClNO. The Morgan fingerprint density at radius 3 is 2.43 bits per heavy atom. The van der Waals surface area contributed by atoms with E-state index in [0.29, 0.717) is 11.6 Å². The quantitative estimate of drug-likeness (QED) is 0.765. The zero-order valence-corrected chi connectivity index (χ0v) is 12.3. The van der Waals surface area contributed by atoms with Gasteiger partial charge in [0, 0.05) is 22.5 Å². The van der Waals surface area contributed by atoms with E-state index in [1.54, 1.807) is 0 Å². The molecule has 0 fully saturated rings. The molecule has 21 heavy (non-hydrogen) atoms. The summed E-state index contributed by atoms with van der Waals surface area (Å²) in [7, 11) is 0. The van der Waals surface area contributed by atoms with Gasteiger partial charge in [0.1, 0.15) is 11.9 Å². The van der Waals surface area contributed by atoms with Gasteiger partial charge in [0.25, 0.3) is 0 Å². The molecule has 0 aromatic heterocycles. The second-order valence-corrected chi connectivity index (χ2v) is 5.25. The number of benzene rings is 3. The Bertz CT molecular complexity index is 752. The van der Waals surface area contributed by atoms with E-state index in [9.17, 15) is 0 Å². The summed E-state index contributed by atoms with van der Waals surface area (Å²) in [6.45, 7) is 0.368. The minimum Gasteiger partial charge on any atom is -0.484 e. The van der Waals surface area contributed by atoms with Crippen LogP contribution in [0.4, 0.5) is 0 Å². The number of fused-ring (bicyclic) bond motifs is 1. The van der Waals surface area contributed by atoms with Crippen LogP contribution in [0.25, 0.3) is 10.8 Å². The molecule has 2 nitrogen and oxygen atoms in total. The van der Waals surface area contributed by atoms with Gasteiger partial charge in [-0.3, -0.25) is 0 Å². The van der Waals surface area contributed by atoms with Gasteiger partial charge in [-0.2, -0.15) is 0 Å². The minimum absolute atomic E-state index is 0.260. The Labute approximate surface area is 129 Å². The molecule has 1 unspecified atom stereocenters. The number of ether oxygens (including phenoxy) is 1. The summed E-state index contributed by atoms with van der Waals surface area (Å²) < 4.78 is 6.13. The molecule has 0 radical (unpaired) electrons. The van der Waals surface area contributed by atoms with Crippen LogP contribution in [0.3, 0.4) is 0 Å². The topological polar surface area (TPSA) is 35.2 Å². The number of rotatable bonds is 4. The van der Waals surface area contributed by atoms with Crippen molar-refractivity contribution < 1.29 is 4.74 Å². The summed E-state index contributed by atoms with van der Waals surface area (Å²) in [5.41, 5.74) is 6.79. The van der Waals surface area contributed by atoms with Gasteiger partial charge in [-0.15, -0.1) is 0 Å². The Hall–Kier alpha value is -2.03. The molecule has 0 aliphatic rings. The zero-order valence-electron chi connectivity index (χ0n) is 11.5. The van der Waals surface area contributed by atoms with Crippen molar-refractivity contribution in [1.29, 1.82) is 0 Å². The van der Waals surface area contributed by atoms with Crippen LogP contribution in [-0.4, -0.2) is 6.54 Å². The third-order valence-corrected chi connectivity index (χ3v) is 3.83. The first-order chi connectivity index (χ1) is 10.3. The van der Waals surface area contributed by atoms with E-state index in [-0.39, 0.29) is 6.10 Å². The van der Waals surface area contributed by atoms with E-state index in [1.165, 1.54) is 0 Å². The second kappa shape index (κ2) is 6.17. The highest BCUT2D eigenvalue weighted by Crippen LogP contribution is 2.31. The van der Waals surface area contributed by atoms with Crippen molar-refractivity contribution in [2.75, 3.05) is 6.54 Å². The average Bonchev–Trinajstić information content (AvgIpc) is 2.53. The molecule has 0 saturated carbocycles. The van der Waals surface area contributed by atoms with Crippen molar-refractivity contribution >= 4 is 22.4 Å². The molecule has 0 amide bonds. The van der Waals surface area contributed by atoms with Gasteiger partial charge in [0.15, 0.2) is 0 Å². The molecule has 2 N–H and O–H groups in total. The lowest BCUT2D eigenvalue weighted by Crippen LogP contribution is -2.18. The first kappa shape index (κ1) is 13.9. The summed E-state index contributed by atoms with van der Waals surface area (Å²) in [6.07, 6.45) is -0.260. The van der Waals surface area contributed by atoms with Crippen molar-refractivity contribution in [3.05, 3.63) is 77.3 Å². The van der Waals surface area contributed by atoms with Crippen molar-refractivity contribution in [3.8, 4) is 5.75 Å². The van der Waals surface area contributed by atoms with Gasteiger partial charge < -0.3 is 10.5 Å². The van der Waals surface area contributed by atoms with E-state index in [0.717, 1.165) is 22.1 Å². The molecular weight excluding hydrogens is 282 g/mol. The Balaban J connectivity index is 1.98. The maximum absolute atomic E-state index is 6.25. The second-order valence-electron chi connectivity index (χ2n) is 4.84. The molecule has 3 heteroatoms. The number of halogens is 1. The van der Waals surface area contributed by atoms with Crippen LogP contribution in [-0.2, 0) is 0 Å². The van der Waals surface area contributed by atoms with Crippen molar-refractivity contribution in [2.45, 2.75) is 6.10 Å². The third kappa shape index (κ3) is 2.87. The van der Waals surface area contributed by atoms with Crippen LogP contribution in [0.1, 0.15) is 11.7 Å². The first-order valence-corrected chi connectivity index (χ1v) is 7.26. The minimum atomic E-state index is -0.260. The monoisotopic (exact) mass is 297 g/mol. The number of hydrogen-bond donors (Lipinski definition) is 1. The van der Waals surface area contributed by atoms with Crippen LogP contribution in [0.15, 0.2) is 66.7 Å². The predicted molar refractivity (Wildman–Crippen MR) is 87.8 cm³/mol. The molecule has 106 valence electrons. The van der Waals surface area contributed by atoms with Gasteiger partial charge >= 0.3 is 0 Å². The van der Waals surface area contributed by atoms with Crippen LogP contribution in [0.2, 0.25) is 5.02 Å². The third-order valence-electron chi connectivity index (χ3n) is 3.49. The van der Waals surface area contributed by atoms with E-state index >= 15 is 0 Å². The molecule has 3 aromatic rings. The molecule has 0 aliphatic carbocycles. The SMILES string of the molecule is NCC(Oc1cccc2ccccc12)c1ccccc1Cl. The zero-order chi connectivity index (χ0) is 14.7. The predicted octanol–water partition coefficient (Wildman–Crippen LogP) is 4.57. The van der Waals surface area contributed by atoms with Crippen molar-refractivity contribution in [1.82, 2.24) is 0 Å². The summed E-state index contributed by atoms with van der Waals surface area (Å²) >= 11 is 6.25. The smallest absolute Gasteiger partial charge is 0.137 e. The van der Waals surface area contributed by atoms with Gasteiger partial charge in [-0.25, -0.2) is 0 Å². The summed E-state index contributed by atoms with van der Waals surface area (Å²) in [5.74, 6) is 0.823. The Morgan fingerprint density at radius 1 is 0.905 bits per heavy atom. The molecule has 0 spiro atoms. The van der Waals surface area contributed by atoms with E-state index < -0.39 is 0 Å². The van der Waals surface area contributed by atoms with Crippen molar-refractivity contribution in [3.63, 3.8) is 0 Å². The molecule has 0 bridgehead atoms. The van der Waals surface area contributed by atoms with E-state index in [4.69, 9.17) is 22.1 Å². The highest BCUT2D eigenvalue weighted by atomic mass is 35.5. The summed E-state index contributed by atoms with van der Waals surface area (Å²) in [6, 6.07) is 21.8. The van der Waals surface area contributed by atoms with E-state index in [1.807, 2.05) is 54.6 Å². The van der Waals surface area contributed by atoms with Crippen LogP contribution >= 0.6 is 11.6 Å². The molecule has 1 atom stereocenters. The first-order valence-electron chi connectivity index (χ1n) is 6.88. The van der Waals surface area contributed by atoms with Crippen LogP contribution in [0.5, 0.6) is 5.75 Å². The molecule has 0 saturated heterocycles. The maximum atomic E-state index is 6.25. The van der Waals surface area contributed by atoms with Crippen molar-refractivity contribution in [2.24, 2.45) is 5.73 Å². The molecule has 0 heterocycles. The normalized spacial score (nSPS) is 12.3. The Morgan fingerprint density at radius 2 is 1.62 bits per heavy atom. The number of hydrogen-bond acceptors (Lipinski definition) is 2. The van der Waals surface area contributed by atoms with Crippen LogP contribution < -0.4 is 10.5 Å². The highest BCUT2D eigenvalue weighted by molar-refractivity contribution is 6.31. The molecule has 0 aliphatic heterocycles. The van der Waals surface area contributed by atoms with Gasteiger partial charge in [-0.1, -0.05) is 66.2 Å². The largest absolute Gasteiger partial charge is 0.484 e. The highest BCUT2D eigenvalue weighted by Gasteiger charge is 2.15. The molecule has 3 aromatic carbocycles. The maximum Gasteiger partial charge on any atom is 0.137 e. The fourth-order valence-electron chi connectivity index (χ4n) is 2.43. The number of nitrogens with two attached hydrogens (primary N) is 1.